The zero-order valence-electron chi connectivity index (χ0n) is 26.9. The third kappa shape index (κ3) is 3.88. The van der Waals surface area contributed by atoms with Crippen molar-refractivity contribution in [3.05, 3.63) is 23.3 Å². The van der Waals surface area contributed by atoms with Crippen LogP contribution in [-0.2, 0) is 23.9 Å². The van der Waals surface area contributed by atoms with Gasteiger partial charge in [-0.1, -0.05) is 60.1 Å². The van der Waals surface area contributed by atoms with Crippen LogP contribution in [0, 0.1) is 61.6 Å². The van der Waals surface area contributed by atoms with E-state index in [1.54, 1.807) is 6.92 Å². The van der Waals surface area contributed by atoms with Crippen LogP contribution in [0.4, 0.5) is 0 Å². The van der Waals surface area contributed by atoms with Gasteiger partial charge in [0.15, 0.2) is 11.6 Å². The second-order valence-electron chi connectivity index (χ2n) is 16.1. The van der Waals surface area contributed by atoms with Gasteiger partial charge in [0.05, 0.1) is 18.1 Å². The topological polar surface area (TPSA) is 113 Å². The van der Waals surface area contributed by atoms with E-state index in [0.29, 0.717) is 19.3 Å². The third-order valence-corrected chi connectivity index (χ3v) is 13.2. The molecule has 0 aromatic rings. The number of allylic oxidation sites excluding steroid dienone is 4. The van der Waals surface area contributed by atoms with Crippen molar-refractivity contribution in [2.45, 2.75) is 106 Å². The van der Waals surface area contributed by atoms with Crippen LogP contribution in [0.25, 0.3) is 0 Å². The number of ether oxygens (including phenoxy) is 1. The molecule has 7 heteroatoms. The van der Waals surface area contributed by atoms with Crippen LogP contribution in [0.5, 0.6) is 0 Å². The van der Waals surface area contributed by atoms with Crippen molar-refractivity contribution in [2.75, 3.05) is 7.11 Å². The molecule has 0 radical (unpaired) electrons. The maximum absolute atomic E-state index is 14.6. The summed E-state index contributed by atoms with van der Waals surface area (Å²) < 4.78 is 4.89. The van der Waals surface area contributed by atoms with Gasteiger partial charge in [0.1, 0.15) is 12.1 Å². The van der Waals surface area contributed by atoms with Crippen LogP contribution in [0.1, 0.15) is 100 Å². The van der Waals surface area contributed by atoms with Crippen molar-refractivity contribution in [2.24, 2.45) is 50.2 Å². The molecule has 8 atom stereocenters. The van der Waals surface area contributed by atoms with Gasteiger partial charge in [-0.15, -0.1) is 0 Å². The summed E-state index contributed by atoms with van der Waals surface area (Å²) in [5.41, 5.74) is -1.54. The molecule has 0 unspecified atom stereocenters. The molecular weight excluding hydrogens is 528 g/mol. The normalized spacial score (nSPS) is 42.2. The largest absolute Gasteiger partial charge is 0.467 e. The van der Waals surface area contributed by atoms with Gasteiger partial charge in [-0.3, -0.25) is 14.4 Å². The van der Waals surface area contributed by atoms with Crippen molar-refractivity contribution < 1.29 is 23.9 Å². The van der Waals surface area contributed by atoms with Crippen LogP contribution in [0.3, 0.4) is 0 Å². The maximum Gasteiger partial charge on any atom is 0.328 e. The number of ketones is 2. The summed E-state index contributed by atoms with van der Waals surface area (Å²) in [7, 11) is 1.32. The molecule has 5 rings (SSSR count). The SMILES string of the molecule is COC(=O)[C@H](C)NC(=O)[C@]12CCC(C)(C)C[C@H]1[C@H]1C(=O)C=C3[C@@]4(C)C=C(C#N)C(=O)C(C)(C)[C@@H]4CC[C@@]3(C)[C@]1(C)CC2. The first-order valence-corrected chi connectivity index (χ1v) is 15.7. The fourth-order valence-electron chi connectivity index (χ4n) is 10.6. The number of carbonyl (C=O) groups is 4. The van der Waals surface area contributed by atoms with Gasteiger partial charge in [-0.25, -0.2) is 4.79 Å². The molecular formula is C35H48N2O5. The van der Waals surface area contributed by atoms with E-state index in [0.717, 1.165) is 31.3 Å². The van der Waals surface area contributed by atoms with Crippen LogP contribution >= 0.6 is 0 Å². The number of nitrogens with zero attached hydrogens (tertiary/aromatic N) is 1. The second-order valence-corrected chi connectivity index (χ2v) is 16.1. The molecule has 0 aromatic heterocycles. The van der Waals surface area contributed by atoms with Gasteiger partial charge in [-0.2, -0.15) is 5.26 Å². The van der Waals surface area contributed by atoms with Crippen LogP contribution in [0.15, 0.2) is 23.3 Å². The zero-order chi connectivity index (χ0) is 31.3. The maximum atomic E-state index is 14.6. The number of amides is 1. The molecule has 0 heterocycles. The minimum Gasteiger partial charge on any atom is -0.467 e. The molecule has 5 aliphatic rings. The lowest BCUT2D eigenvalue weighted by atomic mass is 9.34. The molecule has 5 aliphatic carbocycles. The molecule has 0 bridgehead atoms. The van der Waals surface area contributed by atoms with E-state index in [4.69, 9.17) is 4.74 Å². The molecule has 228 valence electrons. The fourth-order valence-corrected chi connectivity index (χ4v) is 10.6. The van der Waals surface area contributed by atoms with E-state index in [2.05, 4.69) is 46.0 Å². The average Bonchev–Trinajstić information content (AvgIpc) is 2.91. The number of rotatable bonds is 3. The Morgan fingerprint density at radius 3 is 2.29 bits per heavy atom. The van der Waals surface area contributed by atoms with Crippen LogP contribution in [-0.4, -0.2) is 36.6 Å². The van der Waals surface area contributed by atoms with E-state index < -0.39 is 33.7 Å². The number of esters is 1. The zero-order valence-corrected chi connectivity index (χ0v) is 26.9. The Kier molecular flexibility index (Phi) is 6.85. The predicted molar refractivity (Wildman–Crippen MR) is 159 cm³/mol. The minimum absolute atomic E-state index is 0.0104. The molecule has 0 saturated heterocycles. The number of nitriles is 1. The van der Waals surface area contributed by atoms with Gasteiger partial charge < -0.3 is 10.1 Å². The Morgan fingerprint density at radius 1 is 1.02 bits per heavy atom. The van der Waals surface area contributed by atoms with Gasteiger partial charge in [0, 0.05) is 16.7 Å². The minimum atomic E-state index is -0.763. The number of carbonyl (C=O) groups excluding carboxylic acids is 4. The summed E-state index contributed by atoms with van der Waals surface area (Å²) in [4.78, 5) is 54.3. The number of hydrogen-bond donors (Lipinski definition) is 1. The van der Waals surface area contributed by atoms with Crippen LogP contribution < -0.4 is 5.32 Å². The molecule has 0 spiro atoms. The number of Topliss-reactive ketones (excluding diaryl/α,β-unsaturated/α-hetero) is 1. The Labute approximate surface area is 250 Å². The highest BCUT2D eigenvalue weighted by atomic mass is 16.5. The monoisotopic (exact) mass is 576 g/mol. The average molecular weight is 577 g/mol. The van der Waals surface area contributed by atoms with Crippen molar-refractivity contribution in [3.63, 3.8) is 0 Å². The van der Waals surface area contributed by atoms with Crippen molar-refractivity contribution in [1.82, 2.24) is 5.32 Å². The molecule has 0 aliphatic heterocycles. The van der Waals surface area contributed by atoms with E-state index >= 15 is 0 Å². The molecule has 1 N–H and O–H groups in total. The number of methoxy groups -OCH3 is 1. The lowest BCUT2D eigenvalue weighted by Crippen LogP contribution is -2.67. The highest BCUT2D eigenvalue weighted by Crippen LogP contribution is 2.74. The number of fused-ring (bicyclic) bond motifs is 7. The van der Waals surface area contributed by atoms with E-state index in [9.17, 15) is 24.4 Å². The van der Waals surface area contributed by atoms with Crippen molar-refractivity contribution >= 4 is 23.4 Å². The summed E-state index contributed by atoms with van der Waals surface area (Å²) in [5, 5.41) is 12.9. The Hall–Kier alpha value is -2.75. The third-order valence-electron chi connectivity index (χ3n) is 13.2. The van der Waals surface area contributed by atoms with Gasteiger partial charge >= 0.3 is 5.97 Å². The Morgan fingerprint density at radius 2 is 1.67 bits per heavy atom. The Balaban J connectivity index is 1.64. The first-order valence-electron chi connectivity index (χ1n) is 15.7. The summed E-state index contributed by atoms with van der Waals surface area (Å²) in [6.45, 7) is 16.7. The summed E-state index contributed by atoms with van der Waals surface area (Å²) in [6.07, 6.45) is 9.09. The standard InChI is InChI=1S/C35H48N2O5/c1-20(28(40)42-9)37-29(41)35-14-12-30(2,3)18-22(35)26-23(38)16-25-32(6)17-21(19-36)27(39)31(4,5)24(32)10-11-33(25,7)34(26,8)13-15-35/h16-17,20,22,24,26H,10-15,18H2,1-9H3,(H,37,41)/t20-,22-,24-,26-,32-,33+,34+,35-/m0/s1. The molecule has 42 heavy (non-hydrogen) atoms. The molecule has 1 amide bonds. The first-order chi connectivity index (χ1) is 19.3. The first kappa shape index (κ1) is 30.7. The van der Waals surface area contributed by atoms with E-state index in [1.165, 1.54) is 7.11 Å². The molecule has 7 nitrogen and oxygen atoms in total. The fraction of sp³-hybridized carbons (Fsp3) is 0.743. The molecule has 0 aromatic carbocycles. The summed E-state index contributed by atoms with van der Waals surface area (Å²) >= 11 is 0. The van der Waals surface area contributed by atoms with E-state index in [-0.39, 0.29) is 51.6 Å². The highest BCUT2D eigenvalue weighted by molar-refractivity contribution is 6.04. The molecule has 3 saturated carbocycles. The quantitative estimate of drug-likeness (QED) is 0.420. The van der Waals surface area contributed by atoms with E-state index in [1.807, 2.05) is 26.0 Å². The van der Waals surface area contributed by atoms with Crippen molar-refractivity contribution in [3.8, 4) is 6.07 Å². The summed E-state index contributed by atoms with van der Waals surface area (Å²) in [6, 6.07) is 1.40. The lowest BCUT2D eigenvalue weighted by Gasteiger charge is -2.69. The molecule has 3 fully saturated rings. The van der Waals surface area contributed by atoms with Crippen LogP contribution in [0.2, 0.25) is 0 Å². The highest BCUT2D eigenvalue weighted by Gasteiger charge is 2.70. The van der Waals surface area contributed by atoms with Gasteiger partial charge in [0.25, 0.3) is 0 Å². The van der Waals surface area contributed by atoms with Gasteiger partial charge in [0.2, 0.25) is 5.91 Å². The smallest absolute Gasteiger partial charge is 0.328 e. The number of hydrogen-bond acceptors (Lipinski definition) is 6. The Bertz CT molecular complexity index is 1370. The lowest BCUT2D eigenvalue weighted by molar-refractivity contribution is -0.179. The summed E-state index contributed by atoms with van der Waals surface area (Å²) in [5.74, 6) is -1.17. The van der Waals surface area contributed by atoms with Gasteiger partial charge in [-0.05, 0) is 86.0 Å². The predicted octanol–water partition coefficient (Wildman–Crippen LogP) is 5.88. The van der Waals surface area contributed by atoms with Crippen molar-refractivity contribution in [1.29, 1.82) is 5.26 Å². The number of nitrogens with one attached hydrogen (secondary N) is 1. The second kappa shape index (κ2) is 9.37.